The molecule has 0 atom stereocenters. The minimum Gasteiger partial charge on any atom is -0.339 e. The van der Waals surface area contributed by atoms with Gasteiger partial charge in [0.05, 0.1) is 20.7 Å². The van der Waals surface area contributed by atoms with Crippen LogP contribution in [0.5, 0.6) is 0 Å². The van der Waals surface area contributed by atoms with Gasteiger partial charge in [0.25, 0.3) is 0 Å². The summed E-state index contributed by atoms with van der Waals surface area (Å²) in [5.74, 6) is 3.25. The molecule has 0 bridgehead atoms. The second-order valence-electron chi connectivity index (χ2n) is 5.97. The maximum atomic E-state index is 12.9. The molecule has 30 heavy (non-hydrogen) atoms. The predicted octanol–water partition coefficient (Wildman–Crippen LogP) is 7.01. The Kier molecular flexibility index (Phi) is 6.56. The first-order chi connectivity index (χ1) is 13.9. The van der Waals surface area contributed by atoms with Crippen molar-refractivity contribution < 1.29 is 13.2 Å². The van der Waals surface area contributed by atoms with Gasteiger partial charge in [0.15, 0.2) is 5.82 Å². The van der Waals surface area contributed by atoms with Gasteiger partial charge in [0.2, 0.25) is 0 Å². The highest BCUT2D eigenvalue weighted by Gasteiger charge is 2.30. The van der Waals surface area contributed by atoms with Crippen LogP contribution in [0.25, 0.3) is 10.2 Å². The Morgan fingerprint density at radius 3 is 2.47 bits per heavy atom. The molecule has 1 N–H and O–H groups in total. The van der Waals surface area contributed by atoms with Crippen LogP contribution in [0.4, 0.5) is 24.7 Å². The summed E-state index contributed by atoms with van der Waals surface area (Å²) in [4.78, 5) is 10.6. The van der Waals surface area contributed by atoms with E-state index in [2.05, 4.69) is 21.2 Å². The number of aromatic nitrogens is 2. The third kappa shape index (κ3) is 4.87. The van der Waals surface area contributed by atoms with Crippen LogP contribution in [0.2, 0.25) is 0 Å². The van der Waals surface area contributed by atoms with Crippen molar-refractivity contribution in [2.24, 2.45) is 0 Å². The van der Waals surface area contributed by atoms with Gasteiger partial charge >= 0.3 is 6.18 Å². The van der Waals surface area contributed by atoms with Crippen LogP contribution in [0.1, 0.15) is 10.4 Å². The van der Waals surface area contributed by atoms with Crippen LogP contribution in [-0.4, -0.2) is 9.97 Å². The lowest BCUT2D eigenvalue weighted by Crippen LogP contribution is -2.04. The summed E-state index contributed by atoms with van der Waals surface area (Å²) in [7, 11) is 0. The fraction of sp³-hybridized carbons (Fsp3) is 0.0476. The van der Waals surface area contributed by atoms with E-state index >= 15 is 0 Å². The van der Waals surface area contributed by atoms with Crippen LogP contribution in [0.3, 0.4) is 0 Å². The van der Waals surface area contributed by atoms with Gasteiger partial charge in [-0.1, -0.05) is 23.7 Å². The van der Waals surface area contributed by atoms with Gasteiger partial charge < -0.3 is 5.32 Å². The highest BCUT2D eigenvalue weighted by atomic mass is 35.5. The minimum absolute atomic E-state index is 0. The van der Waals surface area contributed by atoms with Gasteiger partial charge in [0, 0.05) is 15.5 Å². The Labute approximate surface area is 185 Å². The van der Waals surface area contributed by atoms with Gasteiger partial charge in [0.1, 0.15) is 6.33 Å². The molecule has 0 aliphatic rings. The Bertz CT molecular complexity index is 1210. The Morgan fingerprint density at radius 2 is 1.77 bits per heavy atom. The summed E-state index contributed by atoms with van der Waals surface area (Å²) in [5.41, 5.74) is 0.919. The number of hydrogen-bond acceptors (Lipinski definition) is 5. The van der Waals surface area contributed by atoms with E-state index in [-0.39, 0.29) is 12.4 Å². The molecule has 0 unspecified atom stereocenters. The number of anilines is 2. The van der Waals surface area contributed by atoms with Crippen molar-refractivity contribution in [3.8, 4) is 12.3 Å². The molecule has 152 valence electrons. The van der Waals surface area contributed by atoms with Gasteiger partial charge in [-0.2, -0.15) is 13.2 Å². The van der Waals surface area contributed by atoms with E-state index in [9.17, 15) is 13.2 Å². The molecule has 0 aliphatic heterocycles. The van der Waals surface area contributed by atoms with Gasteiger partial charge in [-0.25, -0.2) is 9.97 Å². The van der Waals surface area contributed by atoms with Crippen molar-refractivity contribution in [1.29, 1.82) is 0 Å². The molecule has 0 fully saturated rings. The van der Waals surface area contributed by atoms with Crippen molar-refractivity contribution in [2.75, 3.05) is 5.32 Å². The van der Waals surface area contributed by atoms with Crippen molar-refractivity contribution in [3.05, 3.63) is 71.4 Å². The van der Waals surface area contributed by atoms with E-state index in [1.165, 1.54) is 35.5 Å². The van der Waals surface area contributed by atoms with E-state index in [0.29, 0.717) is 10.7 Å². The number of thiophene rings is 1. The Morgan fingerprint density at radius 1 is 1.00 bits per heavy atom. The van der Waals surface area contributed by atoms with E-state index in [1.54, 1.807) is 6.07 Å². The van der Waals surface area contributed by atoms with Crippen LogP contribution in [0.15, 0.2) is 70.7 Å². The van der Waals surface area contributed by atoms with Crippen molar-refractivity contribution >= 4 is 57.2 Å². The van der Waals surface area contributed by atoms with Gasteiger partial charge in [-0.15, -0.1) is 30.2 Å². The number of terminal acetylenes is 1. The number of benzene rings is 2. The third-order valence-electron chi connectivity index (χ3n) is 3.97. The molecular weight excluding hydrogens is 451 g/mol. The molecule has 0 amide bonds. The van der Waals surface area contributed by atoms with E-state index in [4.69, 9.17) is 6.42 Å². The van der Waals surface area contributed by atoms with Crippen LogP contribution < -0.4 is 5.32 Å². The van der Waals surface area contributed by atoms with E-state index < -0.39 is 11.7 Å². The third-order valence-corrected chi connectivity index (χ3v) is 6.03. The van der Waals surface area contributed by atoms with Crippen LogP contribution >= 0.6 is 35.5 Å². The smallest absolute Gasteiger partial charge is 0.339 e. The molecule has 4 rings (SSSR count). The summed E-state index contributed by atoms with van der Waals surface area (Å²) in [6.07, 6.45) is 2.57. The zero-order valence-electron chi connectivity index (χ0n) is 15.1. The monoisotopic (exact) mass is 463 g/mol. The zero-order chi connectivity index (χ0) is 20.4. The Hall–Kier alpha value is -2.73. The largest absolute Gasteiger partial charge is 0.416 e. The highest BCUT2D eigenvalue weighted by molar-refractivity contribution is 7.99. The maximum Gasteiger partial charge on any atom is 0.416 e. The molecule has 9 heteroatoms. The second kappa shape index (κ2) is 8.96. The summed E-state index contributed by atoms with van der Waals surface area (Å²) in [5, 5.41) is 3.24. The molecule has 0 aliphatic carbocycles. The summed E-state index contributed by atoms with van der Waals surface area (Å²) < 4.78 is 39.5. The number of nitrogens with one attached hydrogen (secondary N) is 1. The van der Waals surface area contributed by atoms with Gasteiger partial charge in [-0.05, 0) is 48.5 Å². The standard InChI is InChI=1S/C21H12F3N3S2.ClH/c1-2-15-11-18-19(29-15)20(26-12-25-18)27-14-6-8-16(9-7-14)28-17-5-3-4-13(10-17)21(22,23)24;/h1,3-12H,(H,25,26,27);1H. The number of nitrogens with zero attached hydrogens (tertiary/aromatic N) is 2. The molecule has 3 nitrogen and oxygen atoms in total. The fourth-order valence-corrected chi connectivity index (χ4v) is 4.37. The topological polar surface area (TPSA) is 37.8 Å². The first-order valence-corrected chi connectivity index (χ1v) is 9.99. The highest BCUT2D eigenvalue weighted by Crippen LogP contribution is 2.35. The number of halogens is 4. The number of hydrogen-bond donors (Lipinski definition) is 1. The van der Waals surface area contributed by atoms with Crippen molar-refractivity contribution in [1.82, 2.24) is 9.97 Å². The average molecular weight is 464 g/mol. The lowest BCUT2D eigenvalue weighted by Gasteiger charge is -2.09. The SMILES string of the molecule is C#Cc1cc2ncnc(Nc3ccc(Sc4cccc(C(F)(F)F)c4)cc3)c2s1.Cl. The molecular formula is C21H13ClF3N3S2. The predicted molar refractivity (Wildman–Crippen MR) is 118 cm³/mol. The fourth-order valence-electron chi connectivity index (χ4n) is 2.63. The van der Waals surface area contributed by atoms with E-state index in [1.807, 2.05) is 30.3 Å². The summed E-state index contributed by atoms with van der Waals surface area (Å²) >= 11 is 2.70. The minimum atomic E-state index is -4.35. The van der Waals surface area contributed by atoms with Crippen LogP contribution in [-0.2, 0) is 6.18 Å². The lowest BCUT2D eigenvalue weighted by atomic mass is 10.2. The first kappa shape index (κ1) is 22.0. The lowest BCUT2D eigenvalue weighted by molar-refractivity contribution is -0.137. The first-order valence-electron chi connectivity index (χ1n) is 8.36. The molecule has 0 spiro atoms. The molecule has 0 saturated carbocycles. The quantitative estimate of drug-likeness (QED) is 0.330. The Balaban J connectivity index is 0.00000256. The van der Waals surface area contributed by atoms with E-state index in [0.717, 1.165) is 37.8 Å². The van der Waals surface area contributed by atoms with Gasteiger partial charge in [-0.3, -0.25) is 0 Å². The number of fused-ring (bicyclic) bond motifs is 1. The van der Waals surface area contributed by atoms with Crippen molar-refractivity contribution in [2.45, 2.75) is 16.0 Å². The molecule has 2 aromatic heterocycles. The summed E-state index contributed by atoms with van der Waals surface area (Å²) in [6.45, 7) is 0. The second-order valence-corrected chi connectivity index (χ2v) is 8.17. The normalized spacial score (nSPS) is 11.0. The molecule has 2 aromatic carbocycles. The molecule has 0 saturated heterocycles. The maximum absolute atomic E-state index is 12.9. The number of rotatable bonds is 4. The zero-order valence-corrected chi connectivity index (χ0v) is 17.6. The summed E-state index contributed by atoms with van der Waals surface area (Å²) in [6, 6.07) is 14.5. The van der Waals surface area contributed by atoms with Crippen LogP contribution in [0, 0.1) is 12.3 Å². The average Bonchev–Trinajstić information content (AvgIpc) is 3.14. The van der Waals surface area contributed by atoms with Crippen molar-refractivity contribution in [3.63, 3.8) is 0 Å². The molecule has 0 radical (unpaired) electrons. The number of alkyl halides is 3. The molecule has 2 heterocycles. The molecule has 4 aromatic rings.